The highest BCUT2D eigenvalue weighted by Crippen LogP contribution is 2.18. The molecule has 28 heavy (non-hydrogen) atoms. The van der Waals surface area contributed by atoms with Gasteiger partial charge in [0.2, 0.25) is 0 Å². The van der Waals surface area contributed by atoms with Crippen LogP contribution < -0.4 is 0 Å². The number of hydrogen-bond acceptors (Lipinski definition) is 3. The molecule has 0 aliphatic heterocycles. The number of rotatable bonds is 0. The summed E-state index contributed by atoms with van der Waals surface area (Å²) in [5.41, 5.74) is 0.845. The normalized spacial score (nSPS) is 9.14. The van der Waals surface area contributed by atoms with Gasteiger partial charge in [0.15, 0.2) is 5.58 Å². The van der Waals surface area contributed by atoms with E-state index in [1.165, 1.54) is 10.1 Å². The van der Waals surface area contributed by atoms with Crippen molar-refractivity contribution < 1.29 is 5.95 Å². The molecule has 0 aliphatic rings. The zero-order chi connectivity index (χ0) is 19.4. The van der Waals surface area contributed by atoms with E-state index in [1.807, 2.05) is 24.3 Å². The highest BCUT2D eigenvalue weighted by Gasteiger charge is 1.91. The first kappa shape index (κ1) is 28.4. The van der Waals surface area contributed by atoms with Crippen LogP contribution in [0, 0.1) is 11.8 Å². The molecule has 0 amide bonds. The standard InChI is InChI=1S/C8H6S.C7H5NO.2C4H10.CH4.H2S.H2/c1-2-4-8-7(3-1)5-6-9-8;1-2-4-7-6(3-1)5-8-9-7;2*1-4(2)3;;;/h1-6H;1-5H;2*4H,1-3H3;1H4;1H2;1H/i;;;;;;1+2. The van der Waals surface area contributed by atoms with E-state index in [-0.39, 0.29) is 22.3 Å². The van der Waals surface area contributed by atoms with E-state index in [0.717, 1.165) is 22.8 Å². The van der Waals surface area contributed by atoms with Crippen LogP contribution in [0.2, 0.25) is 0 Å². The van der Waals surface area contributed by atoms with Gasteiger partial charge in [0.1, 0.15) is 0 Å². The van der Waals surface area contributed by atoms with Crippen LogP contribution in [-0.4, -0.2) is 5.16 Å². The van der Waals surface area contributed by atoms with Crippen LogP contribution >= 0.6 is 24.8 Å². The summed E-state index contributed by atoms with van der Waals surface area (Å²) >= 11 is 1.79. The summed E-state index contributed by atoms with van der Waals surface area (Å²) in [4.78, 5) is 0. The second-order valence-corrected chi connectivity index (χ2v) is 8.23. The van der Waals surface area contributed by atoms with Crippen molar-refractivity contribution in [3.05, 3.63) is 66.2 Å². The molecule has 2 aromatic heterocycles. The smallest absolute Gasteiger partial charge is 0.166 e. The number of benzene rings is 2. The number of nitrogens with zero attached hydrogens (tertiary/aromatic N) is 1. The van der Waals surface area contributed by atoms with Crippen molar-refractivity contribution >= 4 is 45.9 Å². The zero-order valence-corrected chi connectivity index (χ0v) is 19.1. The summed E-state index contributed by atoms with van der Waals surface area (Å²) in [6.45, 7) is 13.0. The fourth-order valence-corrected chi connectivity index (χ4v) is 2.51. The van der Waals surface area contributed by atoms with E-state index in [4.69, 9.17) is 4.52 Å². The predicted octanol–water partition coefficient (Wildman–Crippen LogP) is 9.05. The van der Waals surface area contributed by atoms with Crippen molar-refractivity contribution in [3.63, 3.8) is 0 Å². The third-order valence-electron chi connectivity index (χ3n) is 2.62. The second-order valence-electron chi connectivity index (χ2n) is 7.29. The van der Waals surface area contributed by atoms with Crippen molar-refractivity contribution in [3.8, 4) is 0 Å². The summed E-state index contributed by atoms with van der Waals surface area (Å²) < 4.78 is 6.24. The largest absolute Gasteiger partial charge is 0.356 e. The van der Waals surface area contributed by atoms with Crippen molar-refractivity contribution in [2.45, 2.75) is 49.0 Å². The average Bonchev–Trinajstić information content (AvgIpc) is 3.23. The quantitative estimate of drug-likeness (QED) is 0.282. The van der Waals surface area contributed by atoms with Gasteiger partial charge in [0, 0.05) is 11.5 Å². The molecule has 0 radical (unpaired) electrons. The highest BCUT2D eigenvalue weighted by atomic mass is 32.1. The maximum absolute atomic E-state index is 4.87. The Bertz CT molecular complexity index is 718. The van der Waals surface area contributed by atoms with Gasteiger partial charge in [0.05, 0.1) is 6.20 Å². The topological polar surface area (TPSA) is 26.0 Å². The lowest BCUT2D eigenvalue weighted by Gasteiger charge is -1.82. The van der Waals surface area contributed by atoms with Crippen molar-refractivity contribution in [2.24, 2.45) is 11.8 Å². The molecule has 0 bridgehead atoms. The van der Waals surface area contributed by atoms with Crippen molar-refractivity contribution in [1.29, 1.82) is 0 Å². The molecule has 0 atom stereocenters. The molecule has 4 heteroatoms. The van der Waals surface area contributed by atoms with Gasteiger partial charge in [-0.2, -0.15) is 13.5 Å². The molecule has 0 spiro atoms. The van der Waals surface area contributed by atoms with E-state index < -0.39 is 0 Å². The Morgan fingerprint density at radius 1 is 0.786 bits per heavy atom. The summed E-state index contributed by atoms with van der Waals surface area (Å²) in [6, 6.07) is 18.3. The molecule has 0 aliphatic carbocycles. The molecule has 4 rings (SSSR count). The van der Waals surface area contributed by atoms with Gasteiger partial charge in [-0.05, 0) is 46.9 Å². The number of fused-ring (bicyclic) bond motifs is 2. The van der Waals surface area contributed by atoms with Gasteiger partial charge in [0.25, 0.3) is 0 Å². The molecule has 0 saturated carbocycles. The Balaban J connectivity index is -0.000000322. The lowest BCUT2D eigenvalue weighted by atomic mass is 10.3. The van der Waals surface area contributed by atoms with E-state index in [2.05, 4.69) is 82.4 Å². The van der Waals surface area contributed by atoms with Crippen LogP contribution in [0.25, 0.3) is 21.1 Å². The third-order valence-corrected chi connectivity index (χ3v) is 3.52. The molecule has 0 saturated heterocycles. The molecular weight excluding hydrogens is 382 g/mol. The van der Waals surface area contributed by atoms with E-state index in [9.17, 15) is 0 Å². The molecule has 0 N–H and O–H groups in total. The van der Waals surface area contributed by atoms with Gasteiger partial charge < -0.3 is 4.52 Å². The summed E-state index contributed by atoms with van der Waals surface area (Å²) in [5.74, 6) is 1.67. The summed E-state index contributed by atoms with van der Waals surface area (Å²) in [5, 5.41) is 8.14. The fourth-order valence-electron chi connectivity index (χ4n) is 1.72. The molecule has 0 fully saturated rings. The van der Waals surface area contributed by atoms with Crippen LogP contribution in [0.3, 0.4) is 0 Å². The van der Waals surface area contributed by atoms with Crippen LogP contribution in [0.5, 0.6) is 0 Å². The van der Waals surface area contributed by atoms with Gasteiger partial charge in [-0.1, -0.05) is 84.5 Å². The Morgan fingerprint density at radius 3 is 1.82 bits per heavy atom. The minimum absolute atomic E-state index is 0. The zero-order valence-electron chi connectivity index (χ0n) is 17.3. The molecule has 2 nitrogen and oxygen atoms in total. The fraction of sp³-hybridized carbons (Fsp3) is 0.375. The van der Waals surface area contributed by atoms with E-state index in [0.29, 0.717) is 0 Å². The Labute approximate surface area is 183 Å². The first-order valence-electron chi connectivity index (χ1n) is 9.11. The predicted molar refractivity (Wildman–Crippen MR) is 136 cm³/mol. The number of thiophene rings is 1. The molecule has 2 heterocycles. The first-order chi connectivity index (χ1) is 12.4. The van der Waals surface area contributed by atoms with Crippen LogP contribution in [-0.2, 0) is 0 Å². The van der Waals surface area contributed by atoms with Crippen molar-refractivity contribution in [1.82, 2.24) is 5.16 Å². The monoisotopic (exact) mass is 423 g/mol. The Kier molecular flexibility index (Phi) is 16.4. The average molecular weight is 424 g/mol. The van der Waals surface area contributed by atoms with Gasteiger partial charge in [-0.15, -0.1) is 11.3 Å². The van der Waals surface area contributed by atoms with E-state index in [1.54, 1.807) is 17.5 Å². The SMILES string of the molecule is C.CC(C)C.CC(C)C.S.[3HH].c1ccc2oncc2c1.c1ccc2sccc2c1. The van der Waals surface area contributed by atoms with Gasteiger partial charge in [-0.25, -0.2) is 0 Å². The van der Waals surface area contributed by atoms with Crippen LogP contribution in [0.4, 0.5) is 0 Å². The van der Waals surface area contributed by atoms with Crippen LogP contribution in [0.15, 0.2) is 70.7 Å². The van der Waals surface area contributed by atoms with Crippen LogP contribution in [0.1, 0.15) is 50.4 Å². The Morgan fingerprint density at radius 2 is 1.29 bits per heavy atom. The lowest BCUT2D eigenvalue weighted by Crippen LogP contribution is -1.66. The Hall–Kier alpha value is -1.78. The minimum atomic E-state index is 0. The number of hydrogen-bond donors (Lipinski definition) is 0. The number of para-hydroxylation sites is 1. The maximum atomic E-state index is 4.87. The third kappa shape index (κ3) is 12.6. The number of aromatic nitrogens is 1. The summed E-state index contributed by atoms with van der Waals surface area (Å²) in [6.07, 6.45) is 1.70. The first-order valence-corrected chi connectivity index (χ1v) is 9.99. The molecule has 158 valence electrons. The van der Waals surface area contributed by atoms with Gasteiger partial charge >= 0.3 is 0 Å². The van der Waals surface area contributed by atoms with Crippen molar-refractivity contribution in [2.75, 3.05) is 0 Å². The molecule has 4 aromatic rings. The molecule has 2 aromatic carbocycles. The molecular formula is C24H39NOS2. The lowest BCUT2D eigenvalue weighted by molar-refractivity contribution is 0.456. The molecule has 0 unspecified atom stereocenters. The highest BCUT2D eigenvalue weighted by molar-refractivity contribution is 7.59. The second kappa shape index (κ2) is 16.2. The minimum Gasteiger partial charge on any atom is -0.356 e. The van der Waals surface area contributed by atoms with Gasteiger partial charge in [-0.3, -0.25) is 0 Å². The summed E-state index contributed by atoms with van der Waals surface area (Å²) in [7, 11) is 0. The van der Waals surface area contributed by atoms with E-state index >= 15 is 0 Å². The maximum Gasteiger partial charge on any atom is 0.166 e.